The predicted octanol–water partition coefficient (Wildman–Crippen LogP) is 1.50. The van der Waals surface area contributed by atoms with Crippen LogP contribution >= 0.6 is 0 Å². The summed E-state index contributed by atoms with van der Waals surface area (Å²) in [5.74, 6) is 1.08. The Labute approximate surface area is 155 Å². The number of carbonyl (C=O) groups is 1. The van der Waals surface area contributed by atoms with Crippen LogP contribution in [0, 0.1) is 6.92 Å². The van der Waals surface area contributed by atoms with E-state index in [2.05, 4.69) is 32.8 Å². The van der Waals surface area contributed by atoms with E-state index in [9.17, 15) is 4.79 Å². The molecule has 2 heterocycles. The largest absolute Gasteiger partial charge is 0.459 e. The summed E-state index contributed by atoms with van der Waals surface area (Å²) in [4.78, 5) is 18.9. The molecule has 3 rings (SSSR count). The first-order valence-electron chi connectivity index (χ1n) is 9.63. The lowest BCUT2D eigenvalue weighted by Gasteiger charge is -2.20. The molecule has 7 nitrogen and oxygen atoms in total. The maximum atomic E-state index is 12.0. The van der Waals surface area contributed by atoms with Gasteiger partial charge in [0, 0.05) is 50.4 Å². The molecule has 26 heavy (non-hydrogen) atoms. The molecule has 1 aliphatic carbocycles. The number of hydrogen-bond donors (Lipinski definition) is 3. The third-order valence-corrected chi connectivity index (χ3v) is 5.20. The second-order valence-electron chi connectivity index (χ2n) is 7.40. The van der Waals surface area contributed by atoms with Gasteiger partial charge < -0.3 is 20.4 Å². The fourth-order valence-electron chi connectivity index (χ4n) is 3.65. The number of aliphatic imine (C=N–C) groups is 1. The quantitative estimate of drug-likeness (QED) is 0.389. The van der Waals surface area contributed by atoms with Gasteiger partial charge in [0.1, 0.15) is 0 Å². The Bertz CT molecular complexity index is 638. The van der Waals surface area contributed by atoms with Gasteiger partial charge in [0.25, 0.3) is 5.91 Å². The molecule has 1 aliphatic heterocycles. The average Bonchev–Trinajstić information content (AvgIpc) is 3.27. The van der Waals surface area contributed by atoms with E-state index in [-0.39, 0.29) is 5.91 Å². The molecule has 1 saturated heterocycles. The summed E-state index contributed by atoms with van der Waals surface area (Å²) in [7, 11) is 1.80. The van der Waals surface area contributed by atoms with Crippen LogP contribution in [-0.4, -0.2) is 61.6 Å². The van der Waals surface area contributed by atoms with Crippen molar-refractivity contribution in [3.63, 3.8) is 0 Å². The molecule has 0 spiro atoms. The maximum absolute atomic E-state index is 12.0. The van der Waals surface area contributed by atoms with Crippen molar-refractivity contribution in [1.82, 2.24) is 20.9 Å². The Morgan fingerprint density at radius 3 is 2.77 bits per heavy atom. The van der Waals surface area contributed by atoms with Gasteiger partial charge in [-0.2, -0.15) is 0 Å². The van der Waals surface area contributed by atoms with Gasteiger partial charge >= 0.3 is 0 Å². The summed E-state index contributed by atoms with van der Waals surface area (Å²) in [6.07, 6.45) is 6.23. The van der Waals surface area contributed by atoms with Gasteiger partial charge in [-0.3, -0.25) is 14.7 Å². The zero-order valence-corrected chi connectivity index (χ0v) is 16.0. The van der Waals surface area contributed by atoms with Crippen LogP contribution in [0.15, 0.2) is 21.7 Å². The lowest BCUT2D eigenvalue weighted by Crippen LogP contribution is -2.45. The molecule has 7 heteroatoms. The van der Waals surface area contributed by atoms with Crippen molar-refractivity contribution in [3.05, 3.63) is 23.7 Å². The van der Waals surface area contributed by atoms with Crippen molar-refractivity contribution in [2.75, 3.05) is 26.7 Å². The monoisotopic (exact) mass is 361 g/mol. The maximum Gasteiger partial charge on any atom is 0.287 e. The number of aryl methyl sites for hydroxylation is 1. The highest BCUT2D eigenvalue weighted by Crippen LogP contribution is 2.33. The van der Waals surface area contributed by atoms with Gasteiger partial charge in [-0.05, 0) is 45.6 Å². The van der Waals surface area contributed by atoms with E-state index in [0.29, 0.717) is 24.4 Å². The van der Waals surface area contributed by atoms with Crippen LogP contribution < -0.4 is 16.0 Å². The van der Waals surface area contributed by atoms with E-state index in [4.69, 9.17) is 4.42 Å². The van der Waals surface area contributed by atoms with E-state index in [1.54, 1.807) is 13.1 Å². The normalized spacial score (nSPS) is 23.9. The third-order valence-electron chi connectivity index (χ3n) is 5.20. The first kappa shape index (κ1) is 18.8. The zero-order chi connectivity index (χ0) is 18.5. The molecule has 3 N–H and O–H groups in total. The number of carbonyl (C=O) groups excluding carboxylic acids is 1. The van der Waals surface area contributed by atoms with Crippen LogP contribution in [-0.2, 0) is 0 Å². The van der Waals surface area contributed by atoms with Crippen molar-refractivity contribution in [2.24, 2.45) is 4.99 Å². The minimum absolute atomic E-state index is 0.157. The second-order valence-corrected chi connectivity index (χ2v) is 7.40. The fourth-order valence-corrected chi connectivity index (χ4v) is 3.65. The molecule has 2 aliphatic rings. The van der Waals surface area contributed by atoms with Crippen LogP contribution in [0.3, 0.4) is 0 Å². The molecule has 0 bridgehead atoms. The molecule has 1 aromatic rings. The number of nitrogens with one attached hydrogen (secondary N) is 3. The number of nitrogens with zero attached hydrogens (tertiary/aromatic N) is 2. The molecule has 2 unspecified atom stereocenters. The minimum atomic E-state index is -0.157. The first-order valence-corrected chi connectivity index (χ1v) is 9.63. The van der Waals surface area contributed by atoms with E-state index in [1.165, 1.54) is 19.1 Å². The smallest absolute Gasteiger partial charge is 0.287 e. The van der Waals surface area contributed by atoms with Gasteiger partial charge in [0.05, 0.1) is 6.26 Å². The minimum Gasteiger partial charge on any atom is -0.459 e. The van der Waals surface area contributed by atoms with Gasteiger partial charge in [-0.25, -0.2) is 0 Å². The van der Waals surface area contributed by atoms with Crippen LogP contribution in [0.2, 0.25) is 0 Å². The van der Waals surface area contributed by atoms with Crippen molar-refractivity contribution < 1.29 is 9.21 Å². The van der Waals surface area contributed by atoms with Crippen molar-refractivity contribution >= 4 is 11.9 Å². The van der Waals surface area contributed by atoms with E-state index in [0.717, 1.165) is 43.5 Å². The predicted molar refractivity (Wildman–Crippen MR) is 102 cm³/mol. The summed E-state index contributed by atoms with van der Waals surface area (Å²) < 4.78 is 5.19. The highest BCUT2D eigenvalue weighted by molar-refractivity contribution is 5.92. The molecule has 0 radical (unpaired) electrons. The standard InChI is InChI=1S/C19H31N5O2/c1-13-7-10-26-17(13)18(25)21-8-4-9-22-19(20-3)23-15-11-14(2)24(12-15)16-5-6-16/h7,10,14-16H,4-6,8-9,11-12H2,1-3H3,(H,21,25)(H2,20,22,23). The molecule has 0 aromatic carbocycles. The van der Waals surface area contributed by atoms with Crippen molar-refractivity contribution in [3.8, 4) is 0 Å². The molecule has 2 atom stereocenters. The molecule has 1 aromatic heterocycles. The van der Waals surface area contributed by atoms with Crippen LogP contribution in [0.25, 0.3) is 0 Å². The van der Waals surface area contributed by atoms with Crippen LogP contribution in [0.1, 0.15) is 48.7 Å². The summed E-state index contributed by atoms with van der Waals surface area (Å²) in [6.45, 7) is 6.64. The Kier molecular flexibility index (Phi) is 6.19. The summed E-state index contributed by atoms with van der Waals surface area (Å²) in [5.41, 5.74) is 0.858. The molecule has 144 valence electrons. The highest BCUT2D eigenvalue weighted by Gasteiger charge is 2.38. The second kappa shape index (κ2) is 8.58. The van der Waals surface area contributed by atoms with Crippen molar-refractivity contribution in [2.45, 2.75) is 57.7 Å². The Hall–Kier alpha value is -2.02. The summed E-state index contributed by atoms with van der Waals surface area (Å²) in [6, 6.07) is 3.71. The fraction of sp³-hybridized carbons (Fsp3) is 0.684. The van der Waals surface area contributed by atoms with Crippen LogP contribution in [0.4, 0.5) is 0 Å². The van der Waals surface area contributed by atoms with E-state index in [1.807, 2.05) is 6.92 Å². The SMILES string of the molecule is CN=C(NCCCNC(=O)c1occc1C)NC1CC(C)N(C2CC2)C1. The van der Waals surface area contributed by atoms with E-state index >= 15 is 0 Å². The number of amides is 1. The summed E-state index contributed by atoms with van der Waals surface area (Å²) >= 11 is 0. The number of furan rings is 1. The number of hydrogen-bond acceptors (Lipinski definition) is 4. The topological polar surface area (TPSA) is 81.9 Å². The highest BCUT2D eigenvalue weighted by atomic mass is 16.3. The van der Waals surface area contributed by atoms with Gasteiger partial charge in [-0.1, -0.05) is 0 Å². The molecule has 2 fully saturated rings. The van der Waals surface area contributed by atoms with Gasteiger partial charge in [-0.15, -0.1) is 0 Å². The lowest BCUT2D eigenvalue weighted by atomic mass is 10.2. The third kappa shape index (κ3) is 4.78. The lowest BCUT2D eigenvalue weighted by molar-refractivity contribution is 0.0925. The van der Waals surface area contributed by atoms with E-state index < -0.39 is 0 Å². The Balaban J connectivity index is 1.32. The Morgan fingerprint density at radius 2 is 2.12 bits per heavy atom. The summed E-state index contributed by atoms with van der Waals surface area (Å²) in [5, 5.41) is 9.75. The number of guanidine groups is 1. The van der Waals surface area contributed by atoms with Gasteiger partial charge in [0.15, 0.2) is 11.7 Å². The number of likely N-dealkylation sites (tertiary alicyclic amines) is 1. The average molecular weight is 361 g/mol. The first-order chi connectivity index (χ1) is 12.6. The molecule has 1 saturated carbocycles. The Morgan fingerprint density at radius 1 is 1.35 bits per heavy atom. The molecular weight excluding hydrogens is 330 g/mol. The number of rotatable bonds is 7. The zero-order valence-electron chi connectivity index (χ0n) is 16.0. The van der Waals surface area contributed by atoms with Crippen LogP contribution in [0.5, 0.6) is 0 Å². The van der Waals surface area contributed by atoms with Gasteiger partial charge in [0.2, 0.25) is 0 Å². The molecule has 1 amide bonds. The van der Waals surface area contributed by atoms with Crippen molar-refractivity contribution in [1.29, 1.82) is 0 Å². The molecular formula is C19H31N5O2.